The quantitative estimate of drug-likeness (QED) is 0.805. The molecule has 0 aromatic carbocycles. The van der Waals surface area contributed by atoms with Gasteiger partial charge in [0.05, 0.1) is 0 Å². The number of furan rings is 1. The van der Waals surface area contributed by atoms with Crippen LogP contribution >= 0.6 is 0 Å². The fourth-order valence-corrected chi connectivity index (χ4v) is 2.26. The molecular weight excluding hydrogens is 226 g/mol. The van der Waals surface area contributed by atoms with Gasteiger partial charge < -0.3 is 14.4 Å². The summed E-state index contributed by atoms with van der Waals surface area (Å²) in [6.45, 7) is 0. The smallest absolute Gasteiger partial charge is 0.135 e. The van der Waals surface area contributed by atoms with E-state index in [2.05, 4.69) is 11.0 Å². The van der Waals surface area contributed by atoms with Gasteiger partial charge in [0.1, 0.15) is 16.6 Å². The van der Waals surface area contributed by atoms with E-state index >= 15 is 0 Å². The summed E-state index contributed by atoms with van der Waals surface area (Å²) in [5.74, 6) is 0.259. The predicted molar refractivity (Wildman–Crippen MR) is 72.1 cm³/mol. The van der Waals surface area contributed by atoms with Gasteiger partial charge in [-0.15, -0.1) is 0 Å². The van der Waals surface area contributed by atoms with Gasteiger partial charge in [-0.25, -0.2) is 0 Å². The Bertz CT molecular complexity index is 700. The van der Waals surface area contributed by atoms with Crippen molar-refractivity contribution in [1.82, 2.24) is 4.90 Å². The second-order valence-electron chi connectivity index (χ2n) is 4.71. The maximum Gasteiger partial charge on any atom is 0.135 e. The Morgan fingerprint density at radius 1 is 1.17 bits per heavy atom. The maximum absolute atomic E-state index is 9.71. The highest BCUT2D eigenvalue weighted by Crippen LogP contribution is 2.17. The zero-order chi connectivity index (χ0) is 12.7. The van der Waals surface area contributed by atoms with Crippen molar-refractivity contribution in [1.29, 1.82) is 0 Å². The van der Waals surface area contributed by atoms with Gasteiger partial charge in [0.15, 0.2) is 0 Å². The molecule has 2 aliphatic carbocycles. The monoisotopic (exact) mass is 241 g/mol. The number of fused-ring (bicyclic) bond motifs is 3. The molecule has 1 heterocycles. The molecule has 0 fully saturated rings. The standard InChI is InChI=1S/C15H15NO2/c1-16(2)10-6-7-15-12(8-10)13-9-11(17)4-3-5-14(13)18-15/h3-7,9,17H,8H2,1-2H3. The molecule has 3 rings (SSSR count). The number of rotatable bonds is 1. The SMILES string of the molecule is CN(C)C1=CC=c2oc3c(c2C1)C=C(O)C=CC=3. The van der Waals surface area contributed by atoms with Crippen LogP contribution in [0.25, 0.3) is 18.2 Å². The minimum atomic E-state index is 0.259. The van der Waals surface area contributed by atoms with E-state index in [-0.39, 0.29) is 5.76 Å². The summed E-state index contributed by atoms with van der Waals surface area (Å²) in [5.41, 5.74) is 5.06. The van der Waals surface area contributed by atoms with Gasteiger partial charge in [-0.2, -0.15) is 0 Å². The van der Waals surface area contributed by atoms with Gasteiger partial charge >= 0.3 is 0 Å². The largest absolute Gasteiger partial charge is 0.508 e. The average molecular weight is 241 g/mol. The summed E-state index contributed by atoms with van der Waals surface area (Å²) in [7, 11) is 4.06. The second-order valence-corrected chi connectivity index (χ2v) is 4.71. The van der Waals surface area contributed by atoms with Crippen LogP contribution in [-0.4, -0.2) is 24.1 Å². The van der Waals surface area contributed by atoms with Crippen LogP contribution in [0.1, 0.15) is 11.1 Å². The highest BCUT2D eigenvalue weighted by Gasteiger charge is 2.16. The predicted octanol–water partition coefficient (Wildman–Crippen LogP) is 1.31. The average Bonchev–Trinajstić information content (AvgIpc) is 2.56. The van der Waals surface area contributed by atoms with Crippen LogP contribution in [0.5, 0.6) is 0 Å². The Labute approximate surface area is 105 Å². The van der Waals surface area contributed by atoms with E-state index in [0.717, 1.165) is 28.4 Å². The molecule has 0 bridgehead atoms. The van der Waals surface area contributed by atoms with Crippen molar-refractivity contribution >= 4 is 18.2 Å². The lowest BCUT2D eigenvalue weighted by molar-refractivity contribution is 0.437. The zero-order valence-corrected chi connectivity index (χ0v) is 10.5. The number of likely N-dealkylation sites (N-methyl/N-ethyl adjacent to an activating group) is 1. The topological polar surface area (TPSA) is 36.6 Å². The molecule has 0 atom stereocenters. The molecule has 1 N–H and O–H groups in total. The van der Waals surface area contributed by atoms with Gasteiger partial charge in [0, 0.05) is 37.3 Å². The first-order chi connectivity index (χ1) is 8.65. The van der Waals surface area contributed by atoms with E-state index in [1.54, 1.807) is 18.2 Å². The van der Waals surface area contributed by atoms with Crippen molar-refractivity contribution in [2.45, 2.75) is 6.42 Å². The van der Waals surface area contributed by atoms with E-state index in [1.807, 2.05) is 26.2 Å². The minimum absolute atomic E-state index is 0.259. The van der Waals surface area contributed by atoms with Gasteiger partial charge in [-0.05, 0) is 30.4 Å². The first-order valence-electron chi connectivity index (χ1n) is 5.94. The molecule has 2 aliphatic rings. The number of nitrogens with zero attached hydrogens (tertiary/aromatic N) is 1. The van der Waals surface area contributed by atoms with Crippen LogP contribution < -0.4 is 10.8 Å². The van der Waals surface area contributed by atoms with Gasteiger partial charge in [-0.1, -0.05) is 6.08 Å². The third kappa shape index (κ3) is 1.68. The summed E-state index contributed by atoms with van der Waals surface area (Å²) >= 11 is 0. The summed E-state index contributed by atoms with van der Waals surface area (Å²) in [5, 5.41) is 9.71. The molecule has 0 saturated carbocycles. The first kappa shape index (κ1) is 11.0. The number of hydrogen-bond acceptors (Lipinski definition) is 3. The fraction of sp³-hybridized carbons (Fsp3) is 0.200. The van der Waals surface area contributed by atoms with Gasteiger partial charge in [0.25, 0.3) is 0 Å². The van der Waals surface area contributed by atoms with Crippen molar-refractivity contribution in [2.24, 2.45) is 0 Å². The summed E-state index contributed by atoms with van der Waals surface area (Å²) in [6.07, 6.45) is 12.0. The highest BCUT2D eigenvalue weighted by atomic mass is 16.3. The van der Waals surface area contributed by atoms with Gasteiger partial charge in [0.2, 0.25) is 0 Å². The molecule has 18 heavy (non-hydrogen) atoms. The Balaban J connectivity index is 2.19. The summed E-state index contributed by atoms with van der Waals surface area (Å²) in [6, 6.07) is 0. The van der Waals surface area contributed by atoms with Crippen LogP contribution in [0.2, 0.25) is 0 Å². The Morgan fingerprint density at radius 3 is 2.78 bits per heavy atom. The molecule has 0 amide bonds. The highest BCUT2D eigenvalue weighted by molar-refractivity contribution is 5.64. The number of aliphatic hydroxyl groups excluding tert-OH is 1. The van der Waals surface area contributed by atoms with E-state index in [4.69, 9.17) is 4.42 Å². The van der Waals surface area contributed by atoms with E-state index in [1.165, 1.54) is 5.70 Å². The second kappa shape index (κ2) is 3.95. The van der Waals surface area contributed by atoms with Gasteiger partial charge in [-0.3, -0.25) is 0 Å². The molecule has 92 valence electrons. The van der Waals surface area contributed by atoms with Crippen molar-refractivity contribution in [3.05, 3.63) is 51.6 Å². The first-order valence-corrected chi connectivity index (χ1v) is 5.94. The molecular formula is C15H15NO2. The fourth-order valence-electron chi connectivity index (χ4n) is 2.26. The van der Waals surface area contributed by atoms with Crippen LogP contribution in [0.3, 0.4) is 0 Å². The molecule has 3 heteroatoms. The van der Waals surface area contributed by atoms with E-state index in [0.29, 0.717) is 0 Å². The molecule has 0 aliphatic heterocycles. The summed E-state index contributed by atoms with van der Waals surface area (Å²) < 4.78 is 5.80. The van der Waals surface area contributed by atoms with Crippen molar-refractivity contribution < 1.29 is 9.52 Å². The zero-order valence-electron chi connectivity index (χ0n) is 10.5. The molecule has 0 saturated heterocycles. The van der Waals surface area contributed by atoms with Crippen LogP contribution in [0, 0.1) is 0 Å². The molecule has 3 nitrogen and oxygen atoms in total. The lowest BCUT2D eigenvalue weighted by Crippen LogP contribution is -2.19. The normalized spacial score (nSPS) is 16.6. The molecule has 1 aromatic rings. The lowest BCUT2D eigenvalue weighted by Gasteiger charge is -2.18. The third-order valence-electron chi connectivity index (χ3n) is 3.27. The molecule has 1 aromatic heterocycles. The van der Waals surface area contributed by atoms with Crippen molar-refractivity contribution in [3.63, 3.8) is 0 Å². The van der Waals surface area contributed by atoms with Crippen LogP contribution in [0.15, 0.2) is 34.1 Å². The molecule has 0 radical (unpaired) electrons. The van der Waals surface area contributed by atoms with Crippen molar-refractivity contribution in [3.8, 4) is 0 Å². The number of aliphatic hydroxyl groups is 1. The van der Waals surface area contributed by atoms with Crippen LogP contribution in [0.4, 0.5) is 0 Å². The Hall–Kier alpha value is -2.16. The molecule has 0 spiro atoms. The Kier molecular flexibility index (Phi) is 2.40. The number of allylic oxidation sites excluding steroid dienone is 4. The van der Waals surface area contributed by atoms with E-state index < -0.39 is 0 Å². The minimum Gasteiger partial charge on any atom is -0.508 e. The summed E-state index contributed by atoms with van der Waals surface area (Å²) in [4.78, 5) is 2.10. The molecule has 0 unspecified atom stereocenters. The van der Waals surface area contributed by atoms with Crippen molar-refractivity contribution in [2.75, 3.05) is 14.1 Å². The maximum atomic E-state index is 9.71. The Morgan fingerprint density at radius 2 is 2.00 bits per heavy atom. The number of hydrogen-bond donors (Lipinski definition) is 1. The third-order valence-corrected chi connectivity index (χ3v) is 3.27. The lowest BCUT2D eigenvalue weighted by atomic mass is 10.0. The van der Waals surface area contributed by atoms with E-state index in [9.17, 15) is 5.11 Å². The van der Waals surface area contributed by atoms with Crippen LogP contribution in [-0.2, 0) is 6.42 Å².